The molecule has 11 N–H and O–H groups in total. The largest absolute Gasteiger partial charge is 0.480 e. The number of amides is 5. The molecular weight excluding hydrogens is 450 g/mol. The number of hydrogen-bond donors (Lipinski definition) is 7. The molecule has 0 spiro atoms. The number of carbonyl (C=O) groups is 6. The van der Waals surface area contributed by atoms with Crippen LogP contribution in [0.25, 0.3) is 0 Å². The summed E-state index contributed by atoms with van der Waals surface area (Å²) in [7, 11) is 0. The number of carbonyl (C=O) groups excluding carboxylic acids is 5. The molecule has 192 valence electrons. The molecule has 14 nitrogen and oxygen atoms in total. The lowest BCUT2D eigenvalue weighted by molar-refractivity contribution is -0.143. The molecule has 4 unspecified atom stereocenters. The fourth-order valence-electron chi connectivity index (χ4n) is 3.64. The maximum Gasteiger partial charge on any atom is 0.326 e. The Morgan fingerprint density at radius 1 is 0.971 bits per heavy atom. The van der Waals surface area contributed by atoms with Gasteiger partial charge in [0.2, 0.25) is 29.5 Å². The molecule has 1 saturated heterocycles. The molecule has 1 fully saturated rings. The van der Waals surface area contributed by atoms with E-state index >= 15 is 0 Å². The highest BCUT2D eigenvalue weighted by Crippen LogP contribution is 2.19. The second-order valence-electron chi connectivity index (χ2n) is 8.22. The number of rotatable bonds is 15. The molecule has 4 atom stereocenters. The van der Waals surface area contributed by atoms with Gasteiger partial charge in [0.15, 0.2) is 0 Å². The topological polar surface area (TPSA) is 254 Å². The number of likely N-dealkylation sites (tertiary alicyclic amines) is 1. The zero-order valence-electron chi connectivity index (χ0n) is 19.0. The summed E-state index contributed by atoms with van der Waals surface area (Å²) in [6.07, 6.45) is 1.49. The van der Waals surface area contributed by atoms with Crippen LogP contribution in [0.15, 0.2) is 0 Å². The highest BCUT2D eigenvalue weighted by Gasteiger charge is 2.38. The Morgan fingerprint density at radius 2 is 1.65 bits per heavy atom. The van der Waals surface area contributed by atoms with E-state index in [2.05, 4.69) is 10.6 Å². The van der Waals surface area contributed by atoms with Crippen LogP contribution in [-0.2, 0) is 28.8 Å². The van der Waals surface area contributed by atoms with Gasteiger partial charge in [0.05, 0.1) is 12.5 Å². The maximum absolute atomic E-state index is 12.9. The fraction of sp³-hybridized carbons (Fsp3) is 0.700. The van der Waals surface area contributed by atoms with E-state index in [1.165, 1.54) is 4.90 Å². The van der Waals surface area contributed by atoms with Crippen LogP contribution in [0.4, 0.5) is 0 Å². The summed E-state index contributed by atoms with van der Waals surface area (Å²) < 4.78 is 0. The molecule has 0 radical (unpaired) electrons. The summed E-state index contributed by atoms with van der Waals surface area (Å²) in [4.78, 5) is 73.4. The van der Waals surface area contributed by atoms with Crippen molar-refractivity contribution in [2.75, 3.05) is 13.1 Å². The van der Waals surface area contributed by atoms with Crippen LogP contribution in [0, 0.1) is 0 Å². The van der Waals surface area contributed by atoms with E-state index in [9.17, 15) is 33.9 Å². The monoisotopic (exact) mass is 485 g/mol. The highest BCUT2D eigenvalue weighted by molar-refractivity contribution is 5.96. The summed E-state index contributed by atoms with van der Waals surface area (Å²) in [6, 6.07) is -4.65. The molecule has 14 heteroatoms. The van der Waals surface area contributed by atoms with Gasteiger partial charge < -0.3 is 43.6 Å². The molecule has 34 heavy (non-hydrogen) atoms. The zero-order valence-corrected chi connectivity index (χ0v) is 19.0. The number of hydrogen-bond acceptors (Lipinski definition) is 8. The lowest BCUT2D eigenvalue weighted by Gasteiger charge is -2.28. The van der Waals surface area contributed by atoms with Gasteiger partial charge in [-0.05, 0) is 38.6 Å². The first-order valence-electron chi connectivity index (χ1n) is 11.1. The molecule has 1 aliphatic heterocycles. The van der Waals surface area contributed by atoms with Crippen molar-refractivity contribution < 1.29 is 33.9 Å². The number of nitrogens with one attached hydrogen (secondary N) is 2. The van der Waals surface area contributed by atoms with Crippen molar-refractivity contribution in [3.63, 3.8) is 0 Å². The van der Waals surface area contributed by atoms with Crippen molar-refractivity contribution in [3.05, 3.63) is 0 Å². The second-order valence-corrected chi connectivity index (χ2v) is 8.22. The number of nitrogens with zero attached hydrogens (tertiary/aromatic N) is 1. The molecule has 0 aromatic carbocycles. The van der Waals surface area contributed by atoms with Crippen molar-refractivity contribution in [2.45, 2.75) is 75.5 Å². The van der Waals surface area contributed by atoms with Crippen molar-refractivity contribution in [1.29, 1.82) is 0 Å². The summed E-state index contributed by atoms with van der Waals surface area (Å²) >= 11 is 0. The van der Waals surface area contributed by atoms with Crippen LogP contribution in [0.2, 0.25) is 0 Å². The number of carboxylic acids is 1. The molecule has 0 bridgehead atoms. The first kappa shape index (κ1) is 28.8. The SMILES string of the molecule is NCCCCC(N)C(=O)N1CCCC1C(=O)NC(CC(N)=O)C(=O)NC(CCC(N)=O)C(=O)O. The van der Waals surface area contributed by atoms with E-state index in [1.807, 2.05) is 0 Å². The normalized spacial score (nSPS) is 17.9. The lowest BCUT2D eigenvalue weighted by Crippen LogP contribution is -2.57. The van der Waals surface area contributed by atoms with Crippen LogP contribution in [0.1, 0.15) is 51.4 Å². The van der Waals surface area contributed by atoms with Gasteiger partial charge in [-0.25, -0.2) is 4.79 Å². The average molecular weight is 486 g/mol. The van der Waals surface area contributed by atoms with Crippen molar-refractivity contribution >= 4 is 35.5 Å². The number of primary amides is 2. The Labute approximate surface area is 197 Å². The first-order chi connectivity index (χ1) is 16.0. The molecule has 0 saturated carbocycles. The molecule has 0 aromatic heterocycles. The predicted octanol–water partition coefficient (Wildman–Crippen LogP) is -3.37. The standard InChI is InChI=1S/C20H35N7O7/c21-8-2-1-4-11(22)19(32)27-9-3-5-14(27)18(31)26-13(10-16(24)29)17(30)25-12(20(33)34)6-7-15(23)28/h11-14H,1-10,21-22H2,(H2,23,28)(H2,24,29)(H,25,30)(H,26,31)(H,33,34). The van der Waals surface area contributed by atoms with Gasteiger partial charge in [0, 0.05) is 13.0 Å². The predicted molar refractivity (Wildman–Crippen MR) is 119 cm³/mol. The molecule has 1 heterocycles. The third kappa shape index (κ3) is 9.31. The fourth-order valence-corrected chi connectivity index (χ4v) is 3.64. The first-order valence-corrected chi connectivity index (χ1v) is 11.1. The third-order valence-corrected chi connectivity index (χ3v) is 5.46. The minimum Gasteiger partial charge on any atom is -0.480 e. The minimum atomic E-state index is -1.48. The van der Waals surface area contributed by atoms with E-state index in [0.717, 1.165) is 0 Å². The summed E-state index contributed by atoms with van der Waals surface area (Å²) in [5.74, 6) is -5.15. The van der Waals surface area contributed by atoms with Crippen LogP contribution in [0.5, 0.6) is 0 Å². The van der Waals surface area contributed by atoms with Gasteiger partial charge in [-0.2, -0.15) is 0 Å². The maximum atomic E-state index is 12.9. The summed E-state index contributed by atoms with van der Waals surface area (Å²) in [5.41, 5.74) is 21.6. The van der Waals surface area contributed by atoms with Crippen LogP contribution < -0.4 is 33.6 Å². The Morgan fingerprint density at radius 3 is 2.21 bits per heavy atom. The number of nitrogens with two attached hydrogens (primary N) is 4. The van der Waals surface area contributed by atoms with E-state index in [0.29, 0.717) is 45.2 Å². The van der Waals surface area contributed by atoms with E-state index in [4.69, 9.17) is 22.9 Å². The lowest BCUT2D eigenvalue weighted by atomic mass is 10.1. The molecular formula is C20H35N7O7. The average Bonchev–Trinajstić information content (AvgIpc) is 3.24. The van der Waals surface area contributed by atoms with Crippen LogP contribution >= 0.6 is 0 Å². The summed E-state index contributed by atoms with van der Waals surface area (Å²) in [5, 5.41) is 13.8. The Kier molecular flexibility index (Phi) is 11.9. The van der Waals surface area contributed by atoms with Gasteiger partial charge in [-0.3, -0.25) is 24.0 Å². The molecule has 5 amide bonds. The molecule has 0 aromatic rings. The van der Waals surface area contributed by atoms with Crippen LogP contribution in [-0.4, -0.2) is 82.8 Å². The third-order valence-electron chi connectivity index (χ3n) is 5.46. The second kappa shape index (κ2) is 14.1. The molecule has 1 rings (SSSR count). The van der Waals surface area contributed by atoms with Gasteiger partial charge in [0.1, 0.15) is 18.1 Å². The van der Waals surface area contributed by atoms with Crippen molar-refractivity contribution in [1.82, 2.24) is 15.5 Å². The van der Waals surface area contributed by atoms with E-state index in [1.54, 1.807) is 0 Å². The molecule has 0 aliphatic carbocycles. The van der Waals surface area contributed by atoms with Crippen molar-refractivity contribution in [3.8, 4) is 0 Å². The van der Waals surface area contributed by atoms with Gasteiger partial charge in [-0.1, -0.05) is 6.42 Å². The number of unbranched alkanes of at least 4 members (excludes halogenated alkanes) is 1. The Bertz CT molecular complexity index is 776. The number of carboxylic acid groups (broad SMARTS) is 1. The summed E-state index contributed by atoms with van der Waals surface area (Å²) in [6.45, 7) is 0.784. The Balaban J connectivity index is 2.87. The van der Waals surface area contributed by atoms with E-state index in [-0.39, 0.29) is 12.8 Å². The van der Waals surface area contributed by atoms with E-state index < -0.39 is 66.1 Å². The molecule has 1 aliphatic rings. The van der Waals surface area contributed by atoms with Crippen molar-refractivity contribution in [2.24, 2.45) is 22.9 Å². The number of aliphatic carboxylic acids is 1. The zero-order chi connectivity index (χ0) is 25.8. The van der Waals surface area contributed by atoms with Gasteiger partial charge in [-0.15, -0.1) is 0 Å². The smallest absolute Gasteiger partial charge is 0.326 e. The van der Waals surface area contributed by atoms with Gasteiger partial charge >= 0.3 is 5.97 Å². The quantitative estimate of drug-likeness (QED) is 0.114. The van der Waals surface area contributed by atoms with Gasteiger partial charge in [0.25, 0.3) is 0 Å². The Hall–Kier alpha value is -3.26. The van der Waals surface area contributed by atoms with Crippen LogP contribution in [0.3, 0.4) is 0 Å². The highest BCUT2D eigenvalue weighted by atomic mass is 16.4. The minimum absolute atomic E-state index is 0.277.